The molecular weight excluding hydrogens is 348 g/mol. The maximum Gasteiger partial charge on any atom is 0.186 e. The second-order valence-corrected chi connectivity index (χ2v) is 8.45. The van der Waals surface area contributed by atoms with Crippen LogP contribution in [-0.2, 0) is 6.54 Å². The molecule has 0 aliphatic carbocycles. The van der Waals surface area contributed by atoms with Gasteiger partial charge >= 0.3 is 0 Å². The molecule has 136 valence electrons. The number of aromatic nitrogens is 1. The van der Waals surface area contributed by atoms with Gasteiger partial charge in [-0.3, -0.25) is 9.80 Å². The lowest BCUT2D eigenvalue weighted by Crippen LogP contribution is -2.55. The number of aliphatic hydroxyl groups excluding tert-OH is 2. The molecule has 2 aliphatic heterocycles. The van der Waals surface area contributed by atoms with Crippen molar-refractivity contribution in [1.29, 1.82) is 0 Å². The summed E-state index contributed by atoms with van der Waals surface area (Å²) in [6.07, 6.45) is 2.06. The van der Waals surface area contributed by atoms with Gasteiger partial charge in [-0.2, -0.15) is 0 Å². The highest BCUT2D eigenvalue weighted by atomic mass is 35.5. The molecule has 0 radical (unpaired) electrons. The summed E-state index contributed by atoms with van der Waals surface area (Å²) < 4.78 is 0. The monoisotopic (exact) mass is 374 g/mol. The molecule has 1 aromatic heterocycles. The number of rotatable bonds is 4. The first-order valence-electron chi connectivity index (χ1n) is 8.59. The molecule has 0 saturated carbocycles. The maximum atomic E-state index is 10.6. The largest absolute Gasteiger partial charge is 0.393 e. The van der Waals surface area contributed by atoms with E-state index in [-0.39, 0.29) is 18.2 Å². The van der Waals surface area contributed by atoms with Crippen molar-refractivity contribution >= 4 is 28.1 Å². The quantitative estimate of drug-likeness (QED) is 0.827. The maximum absolute atomic E-state index is 10.6. The summed E-state index contributed by atoms with van der Waals surface area (Å²) in [5.74, 6) is 0. The standard InChI is InChI=1S/C16H27ClN4O2S/c1-19(2)16-18-15(17)14(24-16)10-20-6-5-12(13(23)9-20)21-7-3-11(22)4-8-21/h11-13,22-23H,3-10H2,1-2H3/t12-,13-/m1/s1. The van der Waals surface area contributed by atoms with E-state index in [4.69, 9.17) is 11.6 Å². The summed E-state index contributed by atoms with van der Waals surface area (Å²) in [5, 5.41) is 21.7. The first-order valence-corrected chi connectivity index (χ1v) is 9.78. The molecule has 2 N–H and O–H groups in total. The Morgan fingerprint density at radius 1 is 1.21 bits per heavy atom. The van der Waals surface area contributed by atoms with E-state index in [1.807, 2.05) is 19.0 Å². The normalized spacial score (nSPS) is 27.5. The number of thiazole rings is 1. The zero-order valence-corrected chi connectivity index (χ0v) is 15.9. The molecule has 1 aromatic rings. The van der Waals surface area contributed by atoms with Gasteiger partial charge in [-0.1, -0.05) is 22.9 Å². The van der Waals surface area contributed by atoms with Crippen LogP contribution in [0.15, 0.2) is 0 Å². The fourth-order valence-corrected chi connectivity index (χ4v) is 4.81. The van der Waals surface area contributed by atoms with Crippen LogP contribution in [0.5, 0.6) is 0 Å². The third kappa shape index (κ3) is 4.20. The zero-order valence-electron chi connectivity index (χ0n) is 14.4. The molecule has 0 aromatic carbocycles. The van der Waals surface area contributed by atoms with Crippen LogP contribution in [0.2, 0.25) is 5.15 Å². The second-order valence-electron chi connectivity index (χ2n) is 7.03. The van der Waals surface area contributed by atoms with Crippen LogP contribution >= 0.6 is 22.9 Å². The van der Waals surface area contributed by atoms with Crippen LogP contribution in [0.1, 0.15) is 24.1 Å². The summed E-state index contributed by atoms with van der Waals surface area (Å²) in [4.78, 5) is 12.0. The predicted octanol–water partition coefficient (Wildman–Crippen LogP) is 1.25. The minimum atomic E-state index is -0.353. The molecule has 24 heavy (non-hydrogen) atoms. The lowest BCUT2D eigenvalue weighted by molar-refractivity contribution is -0.0353. The number of piperidine rings is 2. The van der Waals surface area contributed by atoms with Gasteiger partial charge in [0.2, 0.25) is 0 Å². The van der Waals surface area contributed by atoms with E-state index in [0.717, 1.165) is 55.5 Å². The van der Waals surface area contributed by atoms with E-state index >= 15 is 0 Å². The van der Waals surface area contributed by atoms with Gasteiger partial charge in [0.25, 0.3) is 0 Å². The Kier molecular flexibility index (Phi) is 6.00. The molecule has 0 bridgehead atoms. The average Bonchev–Trinajstić information content (AvgIpc) is 2.90. The Balaban J connectivity index is 1.55. The van der Waals surface area contributed by atoms with Crippen molar-refractivity contribution in [2.75, 3.05) is 45.2 Å². The highest BCUT2D eigenvalue weighted by Crippen LogP contribution is 2.31. The van der Waals surface area contributed by atoms with Crippen molar-refractivity contribution < 1.29 is 10.2 Å². The number of hydrogen-bond acceptors (Lipinski definition) is 7. The summed E-state index contributed by atoms with van der Waals surface area (Å²) in [6.45, 7) is 4.12. The summed E-state index contributed by atoms with van der Waals surface area (Å²) in [7, 11) is 3.92. The van der Waals surface area contributed by atoms with Crippen molar-refractivity contribution in [2.45, 2.75) is 44.1 Å². The lowest BCUT2D eigenvalue weighted by atomic mass is 9.96. The fraction of sp³-hybridized carbons (Fsp3) is 0.812. The Hall–Kier alpha value is -0.440. The van der Waals surface area contributed by atoms with Gasteiger partial charge in [-0.15, -0.1) is 0 Å². The van der Waals surface area contributed by atoms with Crippen LogP contribution in [0.25, 0.3) is 0 Å². The van der Waals surface area contributed by atoms with Crippen molar-refractivity contribution in [2.24, 2.45) is 0 Å². The molecule has 2 saturated heterocycles. The van der Waals surface area contributed by atoms with Crippen molar-refractivity contribution in [3.8, 4) is 0 Å². The molecule has 2 fully saturated rings. The SMILES string of the molecule is CN(C)c1nc(Cl)c(CN2CC[C@@H](N3CCC(O)CC3)[C@H](O)C2)s1. The Morgan fingerprint density at radius 2 is 1.92 bits per heavy atom. The third-order valence-electron chi connectivity index (χ3n) is 4.99. The summed E-state index contributed by atoms with van der Waals surface area (Å²) >= 11 is 7.87. The lowest BCUT2D eigenvalue weighted by Gasteiger charge is -2.43. The number of nitrogens with zero attached hydrogens (tertiary/aromatic N) is 4. The second kappa shape index (κ2) is 7.85. The topological polar surface area (TPSA) is 63.1 Å². The minimum Gasteiger partial charge on any atom is -0.393 e. The third-order valence-corrected chi connectivity index (χ3v) is 6.62. The van der Waals surface area contributed by atoms with Gasteiger partial charge in [0.05, 0.1) is 17.1 Å². The van der Waals surface area contributed by atoms with Crippen LogP contribution < -0.4 is 4.90 Å². The van der Waals surface area contributed by atoms with Gasteiger partial charge in [0.15, 0.2) is 5.13 Å². The molecule has 6 nitrogen and oxygen atoms in total. The number of hydrogen-bond donors (Lipinski definition) is 2. The van der Waals surface area contributed by atoms with Crippen molar-refractivity contribution in [3.05, 3.63) is 10.0 Å². The van der Waals surface area contributed by atoms with Crippen LogP contribution in [0.3, 0.4) is 0 Å². The van der Waals surface area contributed by atoms with E-state index < -0.39 is 0 Å². The van der Waals surface area contributed by atoms with Gasteiger partial charge in [0.1, 0.15) is 5.15 Å². The van der Waals surface area contributed by atoms with E-state index in [9.17, 15) is 10.2 Å². The molecule has 0 unspecified atom stereocenters. The highest BCUT2D eigenvalue weighted by molar-refractivity contribution is 7.16. The number of β-amino-alcohol motifs (C(OH)–C–C–N with tert-alkyl or cyclic N) is 1. The highest BCUT2D eigenvalue weighted by Gasteiger charge is 2.34. The first kappa shape index (κ1) is 18.4. The summed E-state index contributed by atoms with van der Waals surface area (Å²) in [5.41, 5.74) is 0. The molecule has 0 amide bonds. The zero-order chi connectivity index (χ0) is 17.3. The minimum absolute atomic E-state index is 0.169. The van der Waals surface area contributed by atoms with E-state index in [1.54, 1.807) is 11.3 Å². The van der Waals surface area contributed by atoms with Crippen LogP contribution in [0.4, 0.5) is 5.13 Å². The van der Waals surface area contributed by atoms with Gasteiger partial charge < -0.3 is 15.1 Å². The Labute approximate surface area is 152 Å². The van der Waals surface area contributed by atoms with Gasteiger partial charge in [-0.25, -0.2) is 4.98 Å². The molecular formula is C16H27ClN4O2S. The number of aliphatic hydroxyl groups is 2. The van der Waals surface area contributed by atoms with Crippen LogP contribution in [-0.4, -0.2) is 83.5 Å². The number of anilines is 1. The number of halogens is 1. The molecule has 8 heteroatoms. The van der Waals surface area contributed by atoms with Crippen LogP contribution in [0, 0.1) is 0 Å². The molecule has 3 heterocycles. The van der Waals surface area contributed by atoms with Crippen molar-refractivity contribution in [1.82, 2.24) is 14.8 Å². The van der Waals surface area contributed by atoms with E-state index in [1.165, 1.54) is 0 Å². The van der Waals surface area contributed by atoms with Gasteiger partial charge in [0, 0.05) is 52.9 Å². The van der Waals surface area contributed by atoms with E-state index in [2.05, 4.69) is 14.8 Å². The predicted molar refractivity (Wildman–Crippen MR) is 98.0 cm³/mol. The van der Waals surface area contributed by atoms with E-state index in [0.29, 0.717) is 11.7 Å². The first-order chi connectivity index (χ1) is 11.4. The average molecular weight is 375 g/mol. The smallest absolute Gasteiger partial charge is 0.186 e. The number of likely N-dealkylation sites (tertiary alicyclic amines) is 2. The fourth-order valence-electron chi connectivity index (χ4n) is 3.59. The van der Waals surface area contributed by atoms with Crippen molar-refractivity contribution in [3.63, 3.8) is 0 Å². The van der Waals surface area contributed by atoms with Gasteiger partial charge in [-0.05, 0) is 19.3 Å². The molecule has 2 atom stereocenters. The molecule has 0 spiro atoms. The molecule has 2 aliphatic rings. The summed E-state index contributed by atoms with van der Waals surface area (Å²) in [6, 6.07) is 0.211. The molecule has 3 rings (SSSR count). The Bertz CT molecular complexity index is 548. The Morgan fingerprint density at radius 3 is 2.50 bits per heavy atom.